The summed E-state index contributed by atoms with van der Waals surface area (Å²) >= 11 is 1.72. The van der Waals surface area contributed by atoms with Gasteiger partial charge in [0.05, 0.1) is 25.9 Å². The molecular weight excluding hydrogens is 248 g/mol. The molecule has 2 aromatic rings. The number of fused-ring (bicyclic) bond motifs is 1. The largest absolute Gasteiger partial charge is 0.390 e. The molecular formula is C14H18O3S. The smallest absolute Gasteiger partial charge is 0.0814 e. The number of methoxy groups -OCH3 is 1. The third kappa shape index (κ3) is 3.53. The molecule has 0 bridgehead atoms. The highest BCUT2D eigenvalue weighted by molar-refractivity contribution is 7.17. The summed E-state index contributed by atoms with van der Waals surface area (Å²) in [5.74, 6) is 0. The van der Waals surface area contributed by atoms with E-state index in [4.69, 9.17) is 9.47 Å². The minimum absolute atomic E-state index is 0.355. The van der Waals surface area contributed by atoms with Gasteiger partial charge >= 0.3 is 0 Å². The highest BCUT2D eigenvalue weighted by atomic mass is 32.1. The molecule has 0 aliphatic rings. The Bertz CT molecular complexity index is 481. The third-order valence-corrected chi connectivity index (χ3v) is 3.77. The van der Waals surface area contributed by atoms with Crippen molar-refractivity contribution < 1.29 is 14.6 Å². The van der Waals surface area contributed by atoms with Crippen molar-refractivity contribution in [3.8, 4) is 0 Å². The maximum absolute atomic E-state index is 9.92. The molecule has 0 aliphatic carbocycles. The highest BCUT2D eigenvalue weighted by Crippen LogP contribution is 2.26. The van der Waals surface area contributed by atoms with E-state index in [1.807, 2.05) is 12.1 Å². The molecule has 1 unspecified atom stereocenters. The number of thiophene rings is 1. The van der Waals surface area contributed by atoms with Crippen molar-refractivity contribution in [1.82, 2.24) is 0 Å². The molecule has 0 spiro atoms. The van der Waals surface area contributed by atoms with Crippen LogP contribution in [0.2, 0.25) is 0 Å². The van der Waals surface area contributed by atoms with E-state index in [1.54, 1.807) is 18.4 Å². The van der Waals surface area contributed by atoms with E-state index in [1.165, 1.54) is 15.6 Å². The number of rotatable bonds is 7. The summed E-state index contributed by atoms with van der Waals surface area (Å²) in [6.45, 7) is 1.44. The van der Waals surface area contributed by atoms with E-state index in [0.29, 0.717) is 26.2 Å². The number of ether oxygens (including phenoxy) is 2. The summed E-state index contributed by atoms with van der Waals surface area (Å²) in [4.78, 5) is 0. The molecule has 0 fully saturated rings. The van der Waals surface area contributed by atoms with Gasteiger partial charge in [0.1, 0.15) is 0 Å². The quantitative estimate of drug-likeness (QED) is 0.782. The predicted octanol–water partition coefficient (Wildman–Crippen LogP) is 2.47. The minimum atomic E-state index is -0.458. The Morgan fingerprint density at radius 2 is 2.11 bits per heavy atom. The zero-order chi connectivity index (χ0) is 12.8. The van der Waals surface area contributed by atoms with Gasteiger partial charge in [-0.25, -0.2) is 0 Å². The summed E-state index contributed by atoms with van der Waals surface area (Å²) in [7, 11) is 1.64. The molecule has 1 heterocycles. The molecule has 4 heteroatoms. The molecule has 0 aliphatic heterocycles. The van der Waals surface area contributed by atoms with Crippen LogP contribution in [0.5, 0.6) is 0 Å². The fourth-order valence-corrected chi connectivity index (χ4v) is 2.84. The van der Waals surface area contributed by atoms with Gasteiger partial charge in [-0.2, -0.15) is 0 Å². The lowest BCUT2D eigenvalue weighted by atomic mass is 10.1. The van der Waals surface area contributed by atoms with Crippen LogP contribution in [0.25, 0.3) is 10.1 Å². The minimum Gasteiger partial charge on any atom is -0.390 e. The Labute approximate surface area is 111 Å². The van der Waals surface area contributed by atoms with Gasteiger partial charge in [-0.3, -0.25) is 0 Å². The van der Waals surface area contributed by atoms with E-state index in [2.05, 4.69) is 17.5 Å². The monoisotopic (exact) mass is 266 g/mol. The Kier molecular flexibility index (Phi) is 5.13. The lowest BCUT2D eigenvalue weighted by Crippen LogP contribution is -2.19. The van der Waals surface area contributed by atoms with Crippen molar-refractivity contribution in [2.75, 3.05) is 26.9 Å². The first kappa shape index (κ1) is 13.5. The van der Waals surface area contributed by atoms with Crippen LogP contribution < -0.4 is 0 Å². The second kappa shape index (κ2) is 6.85. The van der Waals surface area contributed by atoms with Crippen LogP contribution in [0.15, 0.2) is 29.6 Å². The lowest BCUT2D eigenvalue weighted by molar-refractivity contribution is 0.0138. The number of hydrogen-bond acceptors (Lipinski definition) is 4. The average Bonchev–Trinajstić information content (AvgIpc) is 2.78. The molecule has 0 saturated carbocycles. The summed E-state index contributed by atoms with van der Waals surface area (Å²) in [5.41, 5.74) is 1.19. The molecule has 0 amide bonds. The zero-order valence-corrected chi connectivity index (χ0v) is 11.3. The second-order valence-corrected chi connectivity index (χ2v) is 5.09. The van der Waals surface area contributed by atoms with E-state index in [9.17, 15) is 5.11 Å². The zero-order valence-electron chi connectivity index (χ0n) is 10.5. The van der Waals surface area contributed by atoms with Crippen LogP contribution in [0, 0.1) is 0 Å². The first-order valence-corrected chi connectivity index (χ1v) is 6.89. The Balaban J connectivity index is 1.88. The van der Waals surface area contributed by atoms with Gasteiger partial charge in [0, 0.05) is 18.2 Å². The van der Waals surface area contributed by atoms with Crippen LogP contribution in [0.1, 0.15) is 5.56 Å². The molecule has 1 aromatic carbocycles. The predicted molar refractivity (Wildman–Crippen MR) is 74.2 cm³/mol. The van der Waals surface area contributed by atoms with Crippen molar-refractivity contribution >= 4 is 21.4 Å². The first-order chi connectivity index (χ1) is 8.81. The van der Waals surface area contributed by atoms with Gasteiger partial charge in [-0.05, 0) is 22.4 Å². The van der Waals surface area contributed by atoms with Crippen molar-refractivity contribution in [3.63, 3.8) is 0 Å². The summed E-state index contributed by atoms with van der Waals surface area (Å²) in [5, 5.41) is 13.3. The highest BCUT2D eigenvalue weighted by Gasteiger charge is 2.09. The first-order valence-electron chi connectivity index (χ1n) is 6.01. The van der Waals surface area contributed by atoms with Crippen molar-refractivity contribution in [1.29, 1.82) is 0 Å². The molecule has 98 valence electrons. The van der Waals surface area contributed by atoms with E-state index in [0.717, 1.165) is 0 Å². The van der Waals surface area contributed by atoms with Gasteiger partial charge in [0.2, 0.25) is 0 Å². The van der Waals surface area contributed by atoms with E-state index in [-0.39, 0.29) is 0 Å². The number of aliphatic hydroxyl groups excluding tert-OH is 1. The molecule has 0 saturated heterocycles. The number of hydrogen-bond donors (Lipinski definition) is 1. The van der Waals surface area contributed by atoms with Crippen molar-refractivity contribution in [2.45, 2.75) is 12.5 Å². The van der Waals surface area contributed by atoms with Gasteiger partial charge < -0.3 is 14.6 Å². The normalized spacial score (nSPS) is 13.0. The van der Waals surface area contributed by atoms with Gasteiger partial charge in [0.15, 0.2) is 0 Å². The molecule has 2 rings (SSSR count). The standard InChI is InChI=1S/C14H18O3S/c1-16-6-7-17-9-12(15)8-11-10-18-14-5-3-2-4-13(11)14/h2-5,10,12,15H,6-9H2,1H3. The molecule has 18 heavy (non-hydrogen) atoms. The van der Waals surface area contributed by atoms with Gasteiger partial charge in [0.25, 0.3) is 0 Å². The lowest BCUT2D eigenvalue weighted by Gasteiger charge is -2.10. The SMILES string of the molecule is COCCOCC(O)Cc1csc2ccccc12. The number of benzene rings is 1. The molecule has 1 N–H and O–H groups in total. The number of aliphatic hydroxyl groups is 1. The van der Waals surface area contributed by atoms with Crippen molar-refractivity contribution in [2.24, 2.45) is 0 Å². The summed E-state index contributed by atoms with van der Waals surface area (Å²) in [6.07, 6.45) is 0.177. The van der Waals surface area contributed by atoms with E-state index < -0.39 is 6.10 Å². The maximum atomic E-state index is 9.92. The van der Waals surface area contributed by atoms with Crippen LogP contribution in [0.3, 0.4) is 0 Å². The fourth-order valence-electron chi connectivity index (χ4n) is 1.87. The molecule has 3 nitrogen and oxygen atoms in total. The Morgan fingerprint density at radius 1 is 1.28 bits per heavy atom. The van der Waals surface area contributed by atoms with Crippen LogP contribution in [-0.2, 0) is 15.9 Å². The summed E-state index contributed by atoms with van der Waals surface area (Å²) in [6, 6.07) is 8.26. The van der Waals surface area contributed by atoms with Gasteiger partial charge in [-0.15, -0.1) is 11.3 Å². The Morgan fingerprint density at radius 3 is 2.94 bits per heavy atom. The third-order valence-electron chi connectivity index (χ3n) is 2.76. The van der Waals surface area contributed by atoms with Crippen molar-refractivity contribution in [3.05, 3.63) is 35.2 Å². The average molecular weight is 266 g/mol. The maximum Gasteiger partial charge on any atom is 0.0814 e. The van der Waals surface area contributed by atoms with Crippen LogP contribution >= 0.6 is 11.3 Å². The fraction of sp³-hybridized carbons (Fsp3) is 0.429. The van der Waals surface area contributed by atoms with Crippen LogP contribution in [-0.4, -0.2) is 38.1 Å². The van der Waals surface area contributed by atoms with Gasteiger partial charge in [-0.1, -0.05) is 18.2 Å². The Hall–Kier alpha value is -0.940. The molecule has 1 aromatic heterocycles. The molecule has 1 atom stereocenters. The van der Waals surface area contributed by atoms with E-state index >= 15 is 0 Å². The second-order valence-electron chi connectivity index (χ2n) is 4.18. The molecule has 0 radical (unpaired) electrons. The topological polar surface area (TPSA) is 38.7 Å². The summed E-state index contributed by atoms with van der Waals surface area (Å²) < 4.78 is 11.5. The van der Waals surface area contributed by atoms with Crippen LogP contribution in [0.4, 0.5) is 0 Å².